The number of carbonyl (C=O) groups excluding carboxylic acids is 1. The maximum Gasteiger partial charge on any atom is 0.224 e. The standard InChI is InChI=1S/C29H46F2N4O5S2/c1-4-34(29(36)21-27-6-5-12-35(27)42(3,39)40)26-9-13-32(14-10-26)15-11-28(23-18-24(30)20-25(31)19-23)22-7-16-33(17-8-22)41(2,37)38/h18-20,22,26-28H,4-17,21H2,1-3H3/t27-,28+/m0/s1. The largest absolute Gasteiger partial charge is 0.340 e. The normalized spacial score (nSPS) is 23.3. The summed E-state index contributed by atoms with van der Waals surface area (Å²) < 4.78 is 79.6. The molecule has 13 heteroatoms. The predicted molar refractivity (Wildman–Crippen MR) is 159 cm³/mol. The molecule has 3 heterocycles. The van der Waals surface area contributed by atoms with E-state index in [0.29, 0.717) is 57.4 Å². The number of hydrogen-bond donors (Lipinski definition) is 0. The van der Waals surface area contributed by atoms with E-state index in [-0.39, 0.29) is 36.2 Å². The van der Waals surface area contributed by atoms with Gasteiger partial charge in [0.05, 0.1) is 12.5 Å². The molecule has 1 aromatic carbocycles. The summed E-state index contributed by atoms with van der Waals surface area (Å²) >= 11 is 0. The van der Waals surface area contributed by atoms with E-state index in [0.717, 1.165) is 45.0 Å². The van der Waals surface area contributed by atoms with Crippen LogP contribution in [0, 0.1) is 17.6 Å². The van der Waals surface area contributed by atoms with Gasteiger partial charge in [-0.05, 0) is 87.9 Å². The molecule has 0 unspecified atom stereocenters. The highest BCUT2D eigenvalue weighted by Gasteiger charge is 2.36. The minimum absolute atomic E-state index is 0.00475. The van der Waals surface area contributed by atoms with E-state index in [9.17, 15) is 30.4 Å². The van der Waals surface area contributed by atoms with Gasteiger partial charge in [0, 0.05) is 63.8 Å². The van der Waals surface area contributed by atoms with Crippen LogP contribution < -0.4 is 0 Å². The van der Waals surface area contributed by atoms with Crippen LogP contribution in [0.3, 0.4) is 0 Å². The van der Waals surface area contributed by atoms with Crippen molar-refractivity contribution >= 4 is 26.0 Å². The molecule has 3 aliphatic heterocycles. The quantitative estimate of drug-likeness (QED) is 0.372. The van der Waals surface area contributed by atoms with Crippen LogP contribution in [0.1, 0.15) is 69.8 Å². The monoisotopic (exact) mass is 632 g/mol. The zero-order chi connectivity index (χ0) is 30.7. The number of hydrogen-bond acceptors (Lipinski definition) is 6. The number of amides is 1. The summed E-state index contributed by atoms with van der Waals surface area (Å²) in [4.78, 5) is 17.5. The van der Waals surface area contributed by atoms with Crippen molar-refractivity contribution in [3.05, 3.63) is 35.4 Å². The van der Waals surface area contributed by atoms with E-state index in [4.69, 9.17) is 0 Å². The van der Waals surface area contributed by atoms with E-state index in [1.165, 1.54) is 33.3 Å². The molecule has 3 aliphatic rings. The van der Waals surface area contributed by atoms with Gasteiger partial charge in [-0.25, -0.2) is 29.9 Å². The van der Waals surface area contributed by atoms with Gasteiger partial charge in [0.25, 0.3) is 0 Å². The number of halogens is 2. The number of benzene rings is 1. The Labute approximate surface area is 250 Å². The van der Waals surface area contributed by atoms with Gasteiger partial charge < -0.3 is 9.80 Å². The van der Waals surface area contributed by atoms with E-state index < -0.39 is 31.7 Å². The molecule has 42 heavy (non-hydrogen) atoms. The highest BCUT2D eigenvalue weighted by atomic mass is 32.2. The zero-order valence-electron chi connectivity index (χ0n) is 25.1. The first-order valence-corrected chi connectivity index (χ1v) is 18.9. The lowest BCUT2D eigenvalue weighted by molar-refractivity contribution is -0.135. The van der Waals surface area contributed by atoms with Gasteiger partial charge >= 0.3 is 0 Å². The molecule has 0 N–H and O–H groups in total. The molecule has 9 nitrogen and oxygen atoms in total. The second kappa shape index (κ2) is 14.0. The Morgan fingerprint density at radius 2 is 1.52 bits per heavy atom. The van der Waals surface area contributed by atoms with Crippen LogP contribution in [-0.2, 0) is 24.8 Å². The second-order valence-corrected chi connectivity index (χ2v) is 16.1. The second-order valence-electron chi connectivity index (χ2n) is 12.2. The molecule has 0 aromatic heterocycles. The fourth-order valence-corrected chi connectivity index (χ4v) is 9.31. The average molecular weight is 633 g/mol. The Bertz CT molecular complexity index is 1280. The van der Waals surface area contributed by atoms with Crippen molar-refractivity contribution in [1.29, 1.82) is 0 Å². The Morgan fingerprint density at radius 1 is 0.905 bits per heavy atom. The van der Waals surface area contributed by atoms with Crippen LogP contribution in [0.4, 0.5) is 8.78 Å². The smallest absolute Gasteiger partial charge is 0.224 e. The summed E-state index contributed by atoms with van der Waals surface area (Å²) in [5.74, 6) is -1.17. The minimum atomic E-state index is -3.33. The number of piperidine rings is 2. The predicted octanol–water partition coefficient (Wildman–Crippen LogP) is 3.24. The molecule has 0 radical (unpaired) electrons. The van der Waals surface area contributed by atoms with Crippen molar-refractivity contribution in [2.24, 2.45) is 5.92 Å². The van der Waals surface area contributed by atoms with Crippen molar-refractivity contribution in [2.45, 2.75) is 76.3 Å². The maximum absolute atomic E-state index is 14.2. The van der Waals surface area contributed by atoms with Gasteiger partial charge in [0.1, 0.15) is 11.6 Å². The number of nitrogens with zero attached hydrogens (tertiary/aromatic N) is 4. The Hall–Kier alpha value is -1.67. The van der Waals surface area contributed by atoms with Crippen molar-refractivity contribution < 1.29 is 30.4 Å². The van der Waals surface area contributed by atoms with Gasteiger partial charge in [-0.1, -0.05) is 0 Å². The topological polar surface area (TPSA) is 98.3 Å². The highest BCUT2D eigenvalue weighted by molar-refractivity contribution is 7.88. The molecular formula is C29H46F2N4O5S2. The summed E-state index contributed by atoms with van der Waals surface area (Å²) in [7, 11) is -6.60. The van der Waals surface area contributed by atoms with Crippen LogP contribution in [0.15, 0.2) is 18.2 Å². The molecule has 3 saturated heterocycles. The van der Waals surface area contributed by atoms with E-state index >= 15 is 0 Å². The van der Waals surface area contributed by atoms with E-state index in [1.54, 1.807) is 0 Å². The summed E-state index contributed by atoms with van der Waals surface area (Å²) in [5.41, 5.74) is 0.623. The van der Waals surface area contributed by atoms with Gasteiger partial charge in [-0.2, -0.15) is 4.31 Å². The average Bonchev–Trinajstić information content (AvgIpc) is 3.38. The first-order chi connectivity index (χ1) is 19.8. The highest BCUT2D eigenvalue weighted by Crippen LogP contribution is 2.37. The van der Waals surface area contributed by atoms with Gasteiger partial charge in [-0.3, -0.25) is 4.79 Å². The van der Waals surface area contributed by atoms with E-state index in [1.807, 2.05) is 11.8 Å². The van der Waals surface area contributed by atoms with Crippen LogP contribution >= 0.6 is 0 Å². The Morgan fingerprint density at radius 3 is 2.07 bits per heavy atom. The third-order valence-corrected chi connectivity index (χ3v) is 12.1. The number of sulfonamides is 2. The first-order valence-electron chi connectivity index (χ1n) is 15.2. The molecule has 1 aromatic rings. The molecule has 1 amide bonds. The van der Waals surface area contributed by atoms with Gasteiger partial charge in [0.15, 0.2) is 0 Å². The third-order valence-electron chi connectivity index (χ3n) is 9.42. The summed E-state index contributed by atoms with van der Waals surface area (Å²) in [6.45, 7) is 6.17. The first kappa shape index (κ1) is 33.2. The van der Waals surface area contributed by atoms with Crippen molar-refractivity contribution in [3.63, 3.8) is 0 Å². The van der Waals surface area contributed by atoms with Gasteiger partial charge in [0.2, 0.25) is 26.0 Å². The Kier molecular flexibility index (Phi) is 11.0. The minimum Gasteiger partial charge on any atom is -0.340 e. The van der Waals surface area contributed by atoms with E-state index in [2.05, 4.69) is 4.90 Å². The zero-order valence-corrected chi connectivity index (χ0v) is 26.7. The lowest BCUT2D eigenvalue weighted by atomic mass is 9.78. The lowest BCUT2D eigenvalue weighted by Gasteiger charge is -2.40. The fraction of sp³-hybridized carbons (Fsp3) is 0.759. The number of rotatable bonds is 11. The van der Waals surface area contributed by atoms with Crippen LogP contribution in [-0.4, -0.2) is 112 Å². The summed E-state index contributed by atoms with van der Waals surface area (Å²) in [6.07, 6.45) is 7.72. The molecule has 238 valence electrons. The molecule has 0 saturated carbocycles. The maximum atomic E-state index is 14.2. The van der Waals surface area contributed by atoms with Crippen molar-refractivity contribution in [3.8, 4) is 0 Å². The molecule has 2 atom stereocenters. The number of likely N-dealkylation sites (tertiary alicyclic amines) is 1. The molecule has 0 spiro atoms. The Balaban J connectivity index is 1.34. The molecule has 0 bridgehead atoms. The summed E-state index contributed by atoms with van der Waals surface area (Å²) in [5, 5.41) is 0. The van der Waals surface area contributed by atoms with Crippen LogP contribution in [0.2, 0.25) is 0 Å². The van der Waals surface area contributed by atoms with Crippen LogP contribution in [0.5, 0.6) is 0 Å². The molecular weight excluding hydrogens is 586 g/mol. The molecule has 0 aliphatic carbocycles. The molecule has 4 rings (SSSR count). The third kappa shape index (κ3) is 8.49. The number of carbonyl (C=O) groups is 1. The van der Waals surface area contributed by atoms with Crippen molar-refractivity contribution in [1.82, 2.24) is 18.4 Å². The SMILES string of the molecule is CCN(C(=O)C[C@@H]1CCCN1S(C)(=O)=O)C1CCN(CC[C@@H](c2cc(F)cc(F)c2)C2CCN(S(C)(=O)=O)CC2)CC1. The van der Waals surface area contributed by atoms with Crippen LogP contribution in [0.25, 0.3) is 0 Å². The van der Waals surface area contributed by atoms with Crippen molar-refractivity contribution in [2.75, 3.05) is 58.3 Å². The summed E-state index contributed by atoms with van der Waals surface area (Å²) in [6, 6.07) is 3.52. The molecule has 3 fully saturated rings. The fourth-order valence-electron chi connectivity index (χ4n) is 7.26. The van der Waals surface area contributed by atoms with Gasteiger partial charge in [-0.15, -0.1) is 0 Å². The lowest BCUT2D eigenvalue weighted by Crippen LogP contribution is -2.49.